The van der Waals surface area contributed by atoms with Crippen molar-refractivity contribution < 1.29 is 9.90 Å². The lowest BCUT2D eigenvalue weighted by Gasteiger charge is -2.05. The molecule has 2 rings (SSSR count). The van der Waals surface area contributed by atoms with E-state index in [1.807, 2.05) is 30.3 Å². The number of amides is 1. The van der Waals surface area contributed by atoms with Gasteiger partial charge in [-0.1, -0.05) is 18.2 Å². The number of fused-ring (bicyclic) bond motifs is 1. The van der Waals surface area contributed by atoms with Crippen LogP contribution >= 0.6 is 0 Å². The summed E-state index contributed by atoms with van der Waals surface area (Å²) in [5.74, 6) is -0.137. The first kappa shape index (κ1) is 11.7. The van der Waals surface area contributed by atoms with E-state index >= 15 is 0 Å². The molecular formula is C13H16N2O2. The Morgan fingerprint density at radius 2 is 2.24 bits per heavy atom. The van der Waals surface area contributed by atoms with E-state index in [1.54, 1.807) is 6.92 Å². The molecule has 0 spiro atoms. The van der Waals surface area contributed by atoms with Crippen molar-refractivity contribution >= 4 is 16.8 Å². The number of rotatable bonds is 4. The van der Waals surface area contributed by atoms with Gasteiger partial charge in [0.2, 0.25) is 0 Å². The number of aliphatic hydroxyl groups is 1. The standard InChI is InChI=1S/C13H16N2O2/c1-9(16)6-7-14-13(17)12-8-10-4-2-3-5-11(10)15-12/h2-5,8-9,15-16H,6-7H2,1H3,(H,14,17). The van der Waals surface area contributed by atoms with Crippen LogP contribution in [-0.2, 0) is 0 Å². The van der Waals surface area contributed by atoms with Crippen molar-refractivity contribution in [3.63, 3.8) is 0 Å². The van der Waals surface area contributed by atoms with Crippen molar-refractivity contribution in [2.75, 3.05) is 6.54 Å². The number of para-hydroxylation sites is 1. The molecule has 0 aliphatic heterocycles. The lowest BCUT2D eigenvalue weighted by molar-refractivity contribution is 0.0941. The van der Waals surface area contributed by atoms with Crippen molar-refractivity contribution in [3.05, 3.63) is 36.0 Å². The fourth-order valence-electron chi connectivity index (χ4n) is 1.69. The SMILES string of the molecule is CC(O)CCNC(=O)c1cc2ccccc2[nH]1. The number of H-pyrrole nitrogens is 1. The molecule has 17 heavy (non-hydrogen) atoms. The van der Waals surface area contributed by atoms with Gasteiger partial charge in [-0.05, 0) is 25.5 Å². The van der Waals surface area contributed by atoms with Crippen LogP contribution < -0.4 is 5.32 Å². The summed E-state index contributed by atoms with van der Waals surface area (Å²) in [6.07, 6.45) is 0.171. The highest BCUT2D eigenvalue weighted by Gasteiger charge is 2.08. The van der Waals surface area contributed by atoms with Gasteiger partial charge in [0.25, 0.3) is 5.91 Å². The number of carbonyl (C=O) groups is 1. The van der Waals surface area contributed by atoms with Crippen LogP contribution in [0.2, 0.25) is 0 Å². The minimum absolute atomic E-state index is 0.137. The molecule has 0 saturated carbocycles. The minimum Gasteiger partial charge on any atom is -0.393 e. The zero-order valence-corrected chi connectivity index (χ0v) is 9.73. The maximum Gasteiger partial charge on any atom is 0.267 e. The van der Waals surface area contributed by atoms with E-state index < -0.39 is 6.10 Å². The predicted molar refractivity (Wildman–Crippen MR) is 66.9 cm³/mol. The molecule has 3 N–H and O–H groups in total. The molecule has 0 bridgehead atoms. The maximum atomic E-state index is 11.8. The Morgan fingerprint density at radius 1 is 1.47 bits per heavy atom. The quantitative estimate of drug-likeness (QED) is 0.750. The van der Waals surface area contributed by atoms with Gasteiger partial charge in [0.05, 0.1) is 6.10 Å². The summed E-state index contributed by atoms with van der Waals surface area (Å²) in [6, 6.07) is 9.58. The second kappa shape index (κ2) is 5.01. The average molecular weight is 232 g/mol. The molecule has 0 radical (unpaired) electrons. The van der Waals surface area contributed by atoms with E-state index in [0.717, 1.165) is 10.9 Å². The Morgan fingerprint density at radius 3 is 2.94 bits per heavy atom. The van der Waals surface area contributed by atoms with Gasteiger partial charge < -0.3 is 15.4 Å². The van der Waals surface area contributed by atoms with Gasteiger partial charge in [0.1, 0.15) is 5.69 Å². The third-order valence-corrected chi connectivity index (χ3v) is 2.62. The summed E-state index contributed by atoms with van der Waals surface area (Å²) in [4.78, 5) is 14.8. The fourth-order valence-corrected chi connectivity index (χ4v) is 1.69. The molecule has 1 heterocycles. The minimum atomic E-state index is -0.391. The number of hydrogen-bond acceptors (Lipinski definition) is 2. The van der Waals surface area contributed by atoms with E-state index in [-0.39, 0.29) is 5.91 Å². The van der Waals surface area contributed by atoms with Crippen LogP contribution in [0.5, 0.6) is 0 Å². The largest absolute Gasteiger partial charge is 0.393 e. The summed E-state index contributed by atoms with van der Waals surface area (Å²) in [7, 11) is 0. The van der Waals surface area contributed by atoms with Crippen LogP contribution in [0, 0.1) is 0 Å². The molecule has 1 amide bonds. The third kappa shape index (κ3) is 2.85. The topological polar surface area (TPSA) is 65.1 Å². The van der Waals surface area contributed by atoms with E-state index in [2.05, 4.69) is 10.3 Å². The molecule has 2 aromatic rings. The lowest BCUT2D eigenvalue weighted by atomic mass is 10.2. The number of carbonyl (C=O) groups excluding carboxylic acids is 1. The smallest absolute Gasteiger partial charge is 0.267 e. The average Bonchev–Trinajstić information content (AvgIpc) is 2.71. The molecule has 0 fully saturated rings. The van der Waals surface area contributed by atoms with Crippen LogP contribution in [0.1, 0.15) is 23.8 Å². The van der Waals surface area contributed by atoms with E-state index in [4.69, 9.17) is 5.11 Å². The Hall–Kier alpha value is -1.81. The molecule has 0 aliphatic rings. The summed E-state index contributed by atoms with van der Waals surface area (Å²) >= 11 is 0. The second-order valence-corrected chi connectivity index (χ2v) is 4.16. The molecule has 4 heteroatoms. The first-order chi connectivity index (χ1) is 8.16. The Kier molecular flexibility index (Phi) is 3.44. The van der Waals surface area contributed by atoms with Crippen LogP contribution in [0.15, 0.2) is 30.3 Å². The van der Waals surface area contributed by atoms with Crippen LogP contribution in [0.3, 0.4) is 0 Å². The summed E-state index contributed by atoms with van der Waals surface area (Å²) in [6.45, 7) is 2.18. The highest BCUT2D eigenvalue weighted by Crippen LogP contribution is 2.14. The first-order valence-corrected chi connectivity index (χ1v) is 5.71. The predicted octanol–water partition coefficient (Wildman–Crippen LogP) is 1.67. The van der Waals surface area contributed by atoms with Crippen LogP contribution in [0.4, 0.5) is 0 Å². The monoisotopic (exact) mass is 232 g/mol. The maximum absolute atomic E-state index is 11.8. The zero-order valence-electron chi connectivity index (χ0n) is 9.73. The van der Waals surface area contributed by atoms with E-state index in [0.29, 0.717) is 18.7 Å². The molecular weight excluding hydrogens is 216 g/mol. The highest BCUT2D eigenvalue weighted by atomic mass is 16.3. The normalized spacial score (nSPS) is 12.6. The van der Waals surface area contributed by atoms with Crippen LogP contribution in [-0.4, -0.2) is 28.6 Å². The molecule has 0 saturated heterocycles. The van der Waals surface area contributed by atoms with Gasteiger partial charge >= 0.3 is 0 Å². The lowest BCUT2D eigenvalue weighted by Crippen LogP contribution is -2.26. The van der Waals surface area contributed by atoms with E-state index in [9.17, 15) is 4.79 Å². The summed E-state index contributed by atoms with van der Waals surface area (Å²) < 4.78 is 0. The van der Waals surface area contributed by atoms with Gasteiger partial charge in [-0.25, -0.2) is 0 Å². The van der Waals surface area contributed by atoms with Crippen molar-refractivity contribution in [2.24, 2.45) is 0 Å². The molecule has 1 aromatic heterocycles. The highest BCUT2D eigenvalue weighted by molar-refractivity contribution is 5.97. The Bertz CT molecular complexity index is 484. The number of aromatic nitrogens is 1. The molecule has 1 unspecified atom stereocenters. The van der Waals surface area contributed by atoms with Crippen molar-refractivity contribution in [3.8, 4) is 0 Å². The molecule has 1 aromatic carbocycles. The fraction of sp³-hybridized carbons (Fsp3) is 0.308. The molecule has 4 nitrogen and oxygen atoms in total. The summed E-state index contributed by atoms with van der Waals surface area (Å²) in [5.41, 5.74) is 1.50. The number of hydrogen-bond donors (Lipinski definition) is 3. The Labute approximate surface area is 99.7 Å². The molecule has 1 atom stereocenters. The van der Waals surface area contributed by atoms with Crippen LogP contribution in [0.25, 0.3) is 10.9 Å². The zero-order chi connectivity index (χ0) is 12.3. The number of aromatic amines is 1. The van der Waals surface area contributed by atoms with Gasteiger partial charge in [-0.2, -0.15) is 0 Å². The molecule has 0 aliphatic carbocycles. The number of nitrogens with one attached hydrogen (secondary N) is 2. The number of aliphatic hydroxyl groups excluding tert-OH is 1. The van der Waals surface area contributed by atoms with Gasteiger partial charge in [0, 0.05) is 17.4 Å². The van der Waals surface area contributed by atoms with Gasteiger partial charge in [0.15, 0.2) is 0 Å². The third-order valence-electron chi connectivity index (χ3n) is 2.62. The summed E-state index contributed by atoms with van der Waals surface area (Å²) in [5, 5.41) is 12.9. The van der Waals surface area contributed by atoms with Crippen molar-refractivity contribution in [1.29, 1.82) is 0 Å². The first-order valence-electron chi connectivity index (χ1n) is 5.71. The van der Waals surface area contributed by atoms with Crippen molar-refractivity contribution in [1.82, 2.24) is 10.3 Å². The van der Waals surface area contributed by atoms with Gasteiger partial charge in [-0.3, -0.25) is 4.79 Å². The Balaban J connectivity index is 2.04. The molecule has 90 valence electrons. The number of benzene rings is 1. The van der Waals surface area contributed by atoms with E-state index in [1.165, 1.54) is 0 Å². The van der Waals surface area contributed by atoms with Crippen molar-refractivity contribution in [2.45, 2.75) is 19.4 Å². The van der Waals surface area contributed by atoms with Gasteiger partial charge in [-0.15, -0.1) is 0 Å². The second-order valence-electron chi connectivity index (χ2n) is 4.16.